The van der Waals surface area contributed by atoms with Gasteiger partial charge in [0, 0.05) is 32.0 Å². The maximum absolute atomic E-state index is 11.5. The molecule has 0 aromatic rings. The predicted molar refractivity (Wildman–Crippen MR) is 79.9 cm³/mol. The SMILES string of the molecule is CCC(CNC(=O)NCCC(=O)NC(C)CC)CC(=O)O. The Balaban J connectivity index is 3.80. The standard InChI is InChI=1S/C14H27N3O4/c1-4-10(3)17-12(18)6-7-15-14(21)16-9-11(5-2)8-13(19)20/h10-11H,4-9H2,1-3H3,(H,17,18)(H,19,20)(H2,15,16,21). The number of rotatable bonds is 10. The number of carbonyl (C=O) groups is 3. The van der Waals surface area contributed by atoms with Crippen LogP contribution in [0.3, 0.4) is 0 Å². The zero-order valence-corrected chi connectivity index (χ0v) is 13.1. The average molecular weight is 301 g/mol. The van der Waals surface area contributed by atoms with Crippen LogP contribution in [-0.2, 0) is 9.59 Å². The minimum atomic E-state index is -0.870. The minimum absolute atomic E-state index is 0.0358. The molecule has 0 aromatic heterocycles. The van der Waals surface area contributed by atoms with Crippen LogP contribution in [0.15, 0.2) is 0 Å². The Hall–Kier alpha value is -1.79. The summed E-state index contributed by atoms with van der Waals surface area (Å²) in [5.74, 6) is -1.05. The molecule has 0 aliphatic heterocycles. The van der Waals surface area contributed by atoms with Gasteiger partial charge in [-0.05, 0) is 19.3 Å². The van der Waals surface area contributed by atoms with Crippen LogP contribution in [0.4, 0.5) is 4.79 Å². The van der Waals surface area contributed by atoms with Gasteiger partial charge in [0.25, 0.3) is 0 Å². The molecule has 0 fully saturated rings. The summed E-state index contributed by atoms with van der Waals surface area (Å²) >= 11 is 0. The van der Waals surface area contributed by atoms with Gasteiger partial charge in [0.1, 0.15) is 0 Å². The summed E-state index contributed by atoms with van der Waals surface area (Å²) in [5.41, 5.74) is 0. The van der Waals surface area contributed by atoms with Crippen LogP contribution in [0.1, 0.15) is 46.5 Å². The van der Waals surface area contributed by atoms with Crippen molar-refractivity contribution >= 4 is 17.9 Å². The zero-order valence-electron chi connectivity index (χ0n) is 13.1. The van der Waals surface area contributed by atoms with Crippen LogP contribution in [0.2, 0.25) is 0 Å². The van der Waals surface area contributed by atoms with Crippen molar-refractivity contribution in [2.45, 2.75) is 52.5 Å². The van der Waals surface area contributed by atoms with Gasteiger partial charge in [0.05, 0.1) is 0 Å². The Morgan fingerprint density at radius 2 is 1.76 bits per heavy atom. The van der Waals surface area contributed by atoms with Crippen molar-refractivity contribution in [3.05, 3.63) is 0 Å². The van der Waals surface area contributed by atoms with Crippen molar-refractivity contribution in [2.75, 3.05) is 13.1 Å². The fraction of sp³-hybridized carbons (Fsp3) is 0.786. The van der Waals surface area contributed by atoms with Crippen molar-refractivity contribution in [1.29, 1.82) is 0 Å². The van der Waals surface area contributed by atoms with Gasteiger partial charge < -0.3 is 21.1 Å². The highest BCUT2D eigenvalue weighted by molar-refractivity contribution is 5.78. The number of hydrogen-bond acceptors (Lipinski definition) is 3. The molecule has 0 heterocycles. The molecule has 21 heavy (non-hydrogen) atoms. The Morgan fingerprint density at radius 1 is 1.10 bits per heavy atom. The molecule has 0 radical (unpaired) electrons. The largest absolute Gasteiger partial charge is 0.481 e. The van der Waals surface area contributed by atoms with Crippen molar-refractivity contribution in [3.8, 4) is 0 Å². The first-order valence-corrected chi connectivity index (χ1v) is 7.41. The molecule has 7 heteroatoms. The quantitative estimate of drug-likeness (QED) is 0.484. The smallest absolute Gasteiger partial charge is 0.314 e. The lowest BCUT2D eigenvalue weighted by atomic mass is 10.0. The van der Waals surface area contributed by atoms with E-state index in [0.717, 1.165) is 6.42 Å². The molecule has 0 saturated heterocycles. The van der Waals surface area contributed by atoms with Crippen LogP contribution in [0, 0.1) is 5.92 Å². The number of aliphatic carboxylic acids is 1. The van der Waals surface area contributed by atoms with Gasteiger partial charge in [-0.15, -0.1) is 0 Å². The monoisotopic (exact) mass is 301 g/mol. The number of amides is 3. The van der Waals surface area contributed by atoms with Gasteiger partial charge in [0.2, 0.25) is 5.91 Å². The van der Waals surface area contributed by atoms with Crippen LogP contribution >= 0.6 is 0 Å². The topological polar surface area (TPSA) is 108 Å². The van der Waals surface area contributed by atoms with E-state index in [1.165, 1.54) is 0 Å². The fourth-order valence-electron chi connectivity index (χ4n) is 1.65. The van der Waals surface area contributed by atoms with Crippen molar-refractivity contribution < 1.29 is 19.5 Å². The van der Waals surface area contributed by atoms with E-state index in [1.807, 2.05) is 20.8 Å². The third-order valence-corrected chi connectivity index (χ3v) is 3.25. The number of carboxylic acids is 1. The summed E-state index contributed by atoms with van der Waals surface area (Å²) in [4.78, 5) is 33.6. The minimum Gasteiger partial charge on any atom is -0.481 e. The molecular weight excluding hydrogens is 274 g/mol. The average Bonchev–Trinajstić information content (AvgIpc) is 2.42. The molecule has 0 spiro atoms. The van der Waals surface area contributed by atoms with Gasteiger partial charge in [0.15, 0.2) is 0 Å². The molecule has 0 bridgehead atoms. The highest BCUT2D eigenvalue weighted by Gasteiger charge is 2.12. The number of nitrogens with one attached hydrogen (secondary N) is 3. The summed E-state index contributed by atoms with van der Waals surface area (Å²) in [6, 6.07) is -0.247. The molecule has 3 amide bonds. The van der Waals surface area contributed by atoms with E-state index < -0.39 is 5.97 Å². The summed E-state index contributed by atoms with van der Waals surface area (Å²) in [6.07, 6.45) is 1.81. The maximum atomic E-state index is 11.5. The summed E-state index contributed by atoms with van der Waals surface area (Å²) in [7, 11) is 0. The molecule has 4 N–H and O–H groups in total. The lowest BCUT2D eigenvalue weighted by molar-refractivity contribution is -0.138. The van der Waals surface area contributed by atoms with Gasteiger partial charge in [-0.2, -0.15) is 0 Å². The number of carbonyl (C=O) groups excluding carboxylic acids is 2. The summed E-state index contributed by atoms with van der Waals surface area (Å²) in [5, 5.41) is 16.7. The van der Waals surface area contributed by atoms with Gasteiger partial charge >= 0.3 is 12.0 Å². The molecular formula is C14H27N3O4. The zero-order chi connectivity index (χ0) is 16.3. The summed E-state index contributed by atoms with van der Waals surface area (Å²) in [6.45, 7) is 6.35. The lowest BCUT2D eigenvalue weighted by Crippen LogP contribution is -2.41. The molecule has 0 saturated carbocycles. The van der Waals surface area contributed by atoms with E-state index in [2.05, 4.69) is 16.0 Å². The Labute approximate surface area is 125 Å². The normalized spacial score (nSPS) is 13.1. The van der Waals surface area contributed by atoms with Crippen LogP contribution in [0.25, 0.3) is 0 Å². The number of hydrogen-bond donors (Lipinski definition) is 4. The number of urea groups is 1. The molecule has 0 rings (SSSR count). The fourth-order valence-corrected chi connectivity index (χ4v) is 1.65. The molecule has 0 aliphatic carbocycles. The first-order chi connectivity index (χ1) is 9.88. The number of carboxylic acid groups (broad SMARTS) is 1. The first-order valence-electron chi connectivity index (χ1n) is 7.41. The lowest BCUT2D eigenvalue weighted by Gasteiger charge is -2.14. The van der Waals surface area contributed by atoms with Crippen LogP contribution < -0.4 is 16.0 Å². The predicted octanol–water partition coefficient (Wildman–Crippen LogP) is 1.09. The van der Waals surface area contributed by atoms with E-state index in [4.69, 9.17) is 5.11 Å². The molecule has 2 unspecified atom stereocenters. The van der Waals surface area contributed by atoms with Gasteiger partial charge in [-0.25, -0.2) is 4.79 Å². The Kier molecular flexibility index (Phi) is 10.0. The van der Waals surface area contributed by atoms with E-state index in [-0.39, 0.29) is 43.3 Å². The molecule has 2 atom stereocenters. The second-order valence-corrected chi connectivity index (χ2v) is 5.14. The Morgan fingerprint density at radius 3 is 2.29 bits per heavy atom. The van der Waals surface area contributed by atoms with Crippen LogP contribution in [0.5, 0.6) is 0 Å². The van der Waals surface area contributed by atoms with Crippen molar-refractivity contribution in [2.24, 2.45) is 5.92 Å². The summed E-state index contributed by atoms with van der Waals surface area (Å²) < 4.78 is 0. The third kappa shape index (κ3) is 10.6. The van der Waals surface area contributed by atoms with Crippen LogP contribution in [-0.4, -0.2) is 42.1 Å². The molecule has 7 nitrogen and oxygen atoms in total. The van der Waals surface area contributed by atoms with E-state index in [0.29, 0.717) is 13.0 Å². The van der Waals surface area contributed by atoms with Crippen molar-refractivity contribution in [1.82, 2.24) is 16.0 Å². The van der Waals surface area contributed by atoms with E-state index in [1.54, 1.807) is 0 Å². The third-order valence-electron chi connectivity index (χ3n) is 3.25. The second kappa shape index (κ2) is 10.9. The van der Waals surface area contributed by atoms with Gasteiger partial charge in [-0.1, -0.05) is 20.3 Å². The highest BCUT2D eigenvalue weighted by Crippen LogP contribution is 2.06. The maximum Gasteiger partial charge on any atom is 0.314 e. The molecule has 0 aromatic carbocycles. The second-order valence-electron chi connectivity index (χ2n) is 5.14. The highest BCUT2D eigenvalue weighted by atomic mass is 16.4. The Bertz CT molecular complexity index is 347. The first kappa shape index (κ1) is 19.2. The van der Waals surface area contributed by atoms with E-state index >= 15 is 0 Å². The molecule has 0 aliphatic rings. The molecule has 122 valence electrons. The van der Waals surface area contributed by atoms with Crippen molar-refractivity contribution in [3.63, 3.8) is 0 Å². The van der Waals surface area contributed by atoms with Gasteiger partial charge in [-0.3, -0.25) is 9.59 Å². The van der Waals surface area contributed by atoms with E-state index in [9.17, 15) is 14.4 Å².